The minimum atomic E-state index is -1.23. The van der Waals surface area contributed by atoms with E-state index in [0.717, 1.165) is 17.5 Å². The predicted molar refractivity (Wildman–Crippen MR) is 173 cm³/mol. The topological polar surface area (TPSA) is 173 Å². The van der Waals surface area contributed by atoms with E-state index in [9.17, 15) is 29.4 Å². The number of alkyl carbamates (subject to hydrolysis) is 1. The average molecular weight is 672 g/mol. The van der Waals surface area contributed by atoms with Gasteiger partial charge >= 0.3 is 18.0 Å². The highest BCUT2D eigenvalue weighted by molar-refractivity contribution is 5.81. The molecule has 2 bridgehead atoms. The fourth-order valence-corrected chi connectivity index (χ4v) is 7.61. The van der Waals surface area contributed by atoms with Gasteiger partial charge in [-0.05, 0) is 84.7 Å². The van der Waals surface area contributed by atoms with Gasteiger partial charge in [0.2, 0.25) is 5.91 Å². The molecule has 13 heteroatoms. The number of aromatic hydroxyl groups is 1. The molecule has 4 aliphatic rings. The second-order valence-electron chi connectivity index (χ2n) is 14.5. The number of phenols is 1. The van der Waals surface area contributed by atoms with E-state index >= 15 is 0 Å². The quantitative estimate of drug-likeness (QED) is 0.146. The van der Waals surface area contributed by atoms with Gasteiger partial charge in [-0.2, -0.15) is 0 Å². The second-order valence-corrected chi connectivity index (χ2v) is 14.5. The first-order chi connectivity index (χ1) is 22.6. The van der Waals surface area contributed by atoms with Gasteiger partial charge in [-0.3, -0.25) is 9.59 Å². The molecule has 0 unspecified atom stereocenters. The minimum Gasteiger partial charge on any atom is -0.504 e. The zero-order valence-corrected chi connectivity index (χ0v) is 28.7. The van der Waals surface area contributed by atoms with Crippen LogP contribution in [0.2, 0.25) is 0 Å². The SMILES string of the molecule is C[C@H](OC(=O)CCNC(=O)[C@@H](C)CCCCNC(=O)OC(C)(C)C)C(=O)OC1=CC[C@@]2(O)[C@H]3Cc4ccc(O)c5c4[C@@]2(CCN3C)[C@H]1O5. The lowest BCUT2D eigenvalue weighted by Gasteiger charge is -2.61. The normalized spacial score (nSPS) is 26.6. The molecule has 264 valence electrons. The summed E-state index contributed by atoms with van der Waals surface area (Å²) in [7, 11) is 1.99. The maximum Gasteiger partial charge on any atom is 0.407 e. The lowest BCUT2D eigenvalue weighted by Crippen LogP contribution is -2.74. The number of hydrogen-bond donors (Lipinski definition) is 4. The van der Waals surface area contributed by atoms with Crippen molar-refractivity contribution in [3.05, 3.63) is 35.1 Å². The maximum absolute atomic E-state index is 13.1. The summed E-state index contributed by atoms with van der Waals surface area (Å²) in [5, 5.41) is 28.3. The van der Waals surface area contributed by atoms with Crippen LogP contribution in [0.5, 0.6) is 11.5 Å². The highest BCUT2D eigenvalue weighted by Gasteiger charge is 2.72. The van der Waals surface area contributed by atoms with Crippen molar-refractivity contribution >= 4 is 23.9 Å². The molecule has 0 saturated carbocycles. The molecule has 0 aromatic heterocycles. The van der Waals surface area contributed by atoms with Crippen molar-refractivity contribution in [2.24, 2.45) is 5.92 Å². The molecule has 2 aliphatic heterocycles. The first-order valence-electron chi connectivity index (χ1n) is 16.9. The van der Waals surface area contributed by atoms with Crippen molar-refractivity contribution in [3.63, 3.8) is 0 Å². The summed E-state index contributed by atoms with van der Waals surface area (Å²) in [6.07, 6.45) is 2.40. The summed E-state index contributed by atoms with van der Waals surface area (Å²) in [5.41, 5.74) is -0.870. The lowest BCUT2D eigenvalue weighted by atomic mass is 9.50. The number of hydrogen-bond acceptors (Lipinski definition) is 11. The van der Waals surface area contributed by atoms with E-state index in [1.54, 1.807) is 39.8 Å². The number of likely N-dealkylation sites (tertiary alicyclic amines) is 1. The summed E-state index contributed by atoms with van der Waals surface area (Å²) in [4.78, 5) is 52.0. The van der Waals surface area contributed by atoms with Gasteiger partial charge in [0.1, 0.15) is 11.4 Å². The lowest BCUT2D eigenvalue weighted by molar-refractivity contribution is -0.175. The van der Waals surface area contributed by atoms with Crippen LogP contribution in [0.3, 0.4) is 0 Å². The number of phenolic OH excluding ortho intramolecular Hbond substituents is 1. The molecule has 1 saturated heterocycles. The number of aliphatic hydroxyl groups is 1. The molecule has 2 aliphatic carbocycles. The molecule has 6 atom stereocenters. The minimum absolute atomic E-state index is 0.0284. The van der Waals surface area contributed by atoms with Crippen molar-refractivity contribution < 1.29 is 48.3 Å². The van der Waals surface area contributed by atoms with Gasteiger partial charge in [0.05, 0.1) is 17.4 Å². The Balaban J connectivity index is 1.08. The molecule has 13 nitrogen and oxygen atoms in total. The Bertz CT molecular complexity index is 1470. The van der Waals surface area contributed by atoms with Gasteiger partial charge < -0.3 is 44.7 Å². The van der Waals surface area contributed by atoms with Crippen molar-refractivity contribution in [3.8, 4) is 11.5 Å². The van der Waals surface area contributed by atoms with Crippen molar-refractivity contribution in [1.82, 2.24) is 15.5 Å². The molecule has 2 heterocycles. The molecule has 48 heavy (non-hydrogen) atoms. The standard InChI is InChI=1S/C35H49N3O10/c1-20(9-7-8-16-37-32(43)48-33(3,4)5)30(41)36-17-13-26(40)45-21(2)31(42)46-24-12-14-35(44)25-19-22-10-11-23(39)28-27(22)34(35,29(24)47-28)15-18-38(25)6/h10-12,20-21,25,29,39,44H,7-9,13-19H2,1-6H3,(H,36,41)(H,37,43)/t20-,21-,25+,29-,34-,35+/m0/s1. The van der Waals surface area contributed by atoms with E-state index < -0.39 is 46.9 Å². The first-order valence-corrected chi connectivity index (χ1v) is 16.9. The number of carbonyl (C=O) groups is 4. The highest BCUT2D eigenvalue weighted by Crippen LogP contribution is 2.65. The number of nitrogens with one attached hydrogen (secondary N) is 2. The van der Waals surface area contributed by atoms with Crippen LogP contribution in [0.4, 0.5) is 4.79 Å². The van der Waals surface area contributed by atoms with Crippen LogP contribution in [-0.2, 0) is 40.4 Å². The van der Waals surface area contributed by atoms with Crippen molar-refractivity contribution in [2.45, 2.75) is 114 Å². The molecule has 5 rings (SSSR count). The predicted octanol–water partition coefficient (Wildman–Crippen LogP) is 2.98. The number of unbranched alkanes of at least 4 members (excludes halogenated alkanes) is 1. The van der Waals surface area contributed by atoms with Crippen LogP contribution in [0.1, 0.15) is 84.3 Å². The Kier molecular flexibility index (Phi) is 10.0. The van der Waals surface area contributed by atoms with E-state index in [1.807, 2.05) is 13.1 Å². The number of ether oxygens (including phenoxy) is 4. The smallest absolute Gasteiger partial charge is 0.407 e. The third-order valence-electron chi connectivity index (χ3n) is 10.0. The van der Waals surface area contributed by atoms with Gasteiger partial charge in [-0.25, -0.2) is 9.59 Å². The molecule has 1 aromatic carbocycles. The number of carbonyl (C=O) groups excluding carboxylic acids is 4. The summed E-state index contributed by atoms with van der Waals surface area (Å²) < 4.78 is 22.6. The summed E-state index contributed by atoms with van der Waals surface area (Å²) in [6.45, 7) is 9.77. The second kappa shape index (κ2) is 13.6. The fourth-order valence-electron chi connectivity index (χ4n) is 7.61. The number of benzene rings is 1. The number of piperidine rings is 1. The molecule has 1 fully saturated rings. The molecule has 4 N–H and O–H groups in total. The van der Waals surface area contributed by atoms with E-state index in [0.29, 0.717) is 44.5 Å². The largest absolute Gasteiger partial charge is 0.504 e. The van der Waals surface area contributed by atoms with Crippen LogP contribution in [0, 0.1) is 5.92 Å². The van der Waals surface area contributed by atoms with Crippen LogP contribution < -0.4 is 15.4 Å². The number of likely N-dealkylation sites (N-methyl/N-ethyl adjacent to an activating group) is 1. The van der Waals surface area contributed by atoms with Gasteiger partial charge in [0, 0.05) is 37.0 Å². The first kappa shape index (κ1) is 35.5. The summed E-state index contributed by atoms with van der Waals surface area (Å²) in [5.74, 6) is -1.45. The number of nitrogens with zero attached hydrogens (tertiary/aromatic N) is 1. The van der Waals surface area contributed by atoms with E-state index in [2.05, 4.69) is 15.5 Å². The van der Waals surface area contributed by atoms with Crippen LogP contribution in [0.25, 0.3) is 0 Å². The Labute approximate surface area is 281 Å². The van der Waals surface area contributed by atoms with Crippen molar-refractivity contribution in [1.29, 1.82) is 0 Å². The molecular formula is C35H49N3O10. The van der Waals surface area contributed by atoms with Gasteiger partial charge in [0.15, 0.2) is 23.7 Å². The van der Waals surface area contributed by atoms with Gasteiger partial charge in [0.25, 0.3) is 0 Å². The van der Waals surface area contributed by atoms with E-state index in [1.165, 1.54) is 6.92 Å². The molecule has 0 radical (unpaired) electrons. The third kappa shape index (κ3) is 6.71. The van der Waals surface area contributed by atoms with Gasteiger partial charge in [-0.1, -0.05) is 19.4 Å². The molecule has 2 amide bonds. The summed E-state index contributed by atoms with van der Waals surface area (Å²) >= 11 is 0. The number of esters is 2. The zero-order chi connectivity index (χ0) is 35.0. The number of rotatable bonds is 12. The van der Waals surface area contributed by atoms with Gasteiger partial charge in [-0.15, -0.1) is 0 Å². The third-order valence-corrected chi connectivity index (χ3v) is 10.0. The number of amides is 2. The van der Waals surface area contributed by atoms with Crippen LogP contribution in [-0.4, -0.2) is 95.2 Å². The Morgan fingerprint density at radius 2 is 1.88 bits per heavy atom. The van der Waals surface area contributed by atoms with Crippen LogP contribution >= 0.6 is 0 Å². The maximum atomic E-state index is 13.1. The van der Waals surface area contributed by atoms with Crippen molar-refractivity contribution in [2.75, 3.05) is 26.7 Å². The van der Waals surface area contributed by atoms with E-state index in [4.69, 9.17) is 18.9 Å². The molecule has 1 aromatic rings. The Morgan fingerprint density at radius 3 is 2.60 bits per heavy atom. The molecule has 1 spiro atoms. The Hall–Kier alpha value is -3.84. The average Bonchev–Trinajstić information content (AvgIpc) is 3.36. The summed E-state index contributed by atoms with van der Waals surface area (Å²) in [6, 6.07) is 3.29. The monoisotopic (exact) mass is 671 g/mol. The zero-order valence-electron chi connectivity index (χ0n) is 28.7. The fraction of sp³-hybridized carbons (Fsp3) is 0.657. The molecular weight excluding hydrogens is 622 g/mol. The Morgan fingerprint density at radius 1 is 1.12 bits per heavy atom. The van der Waals surface area contributed by atoms with E-state index in [-0.39, 0.29) is 48.8 Å². The van der Waals surface area contributed by atoms with Crippen LogP contribution in [0.15, 0.2) is 24.0 Å². The highest BCUT2D eigenvalue weighted by atomic mass is 16.6.